The lowest BCUT2D eigenvalue weighted by Gasteiger charge is -2.32. The van der Waals surface area contributed by atoms with E-state index in [2.05, 4.69) is 23.8 Å². The second kappa shape index (κ2) is 11.5. The summed E-state index contributed by atoms with van der Waals surface area (Å²) < 4.78 is 7.24. The summed E-state index contributed by atoms with van der Waals surface area (Å²) in [5.41, 5.74) is 4.67. The predicted molar refractivity (Wildman–Crippen MR) is 162 cm³/mol. The largest absolute Gasteiger partial charge is 0.497 e. The fourth-order valence-electron chi connectivity index (χ4n) is 5.41. The normalized spacial score (nSPS) is 17.9. The van der Waals surface area contributed by atoms with Gasteiger partial charge in [0.2, 0.25) is 11.8 Å². The van der Waals surface area contributed by atoms with Gasteiger partial charge in [-0.25, -0.2) is 4.68 Å². The van der Waals surface area contributed by atoms with Gasteiger partial charge in [0, 0.05) is 24.2 Å². The maximum absolute atomic E-state index is 13.9. The molecule has 0 spiro atoms. The highest BCUT2D eigenvalue weighted by Crippen LogP contribution is 2.49. The van der Waals surface area contributed by atoms with Gasteiger partial charge in [0.25, 0.3) is 0 Å². The molecule has 2 amide bonds. The van der Waals surface area contributed by atoms with Gasteiger partial charge in [-0.05, 0) is 65.4 Å². The number of amides is 2. The summed E-state index contributed by atoms with van der Waals surface area (Å²) >= 11 is 3.24. The van der Waals surface area contributed by atoms with Gasteiger partial charge in [-0.3, -0.25) is 14.5 Å². The molecule has 0 bridgehead atoms. The number of hydrogen-bond donors (Lipinski definition) is 0. The number of carbonyl (C=O) groups is 2. The number of hydrogen-bond acceptors (Lipinski definition) is 6. The number of methoxy groups -OCH3 is 1. The summed E-state index contributed by atoms with van der Waals surface area (Å²) in [6.07, 6.45) is 1.98. The first-order valence-electron chi connectivity index (χ1n) is 13.6. The Morgan fingerprint density at radius 2 is 1.80 bits per heavy atom. The highest BCUT2D eigenvalue weighted by atomic mass is 32.2. The Morgan fingerprint density at radius 1 is 1.05 bits per heavy atom. The molecule has 2 aromatic carbocycles. The van der Waals surface area contributed by atoms with E-state index < -0.39 is 0 Å². The van der Waals surface area contributed by atoms with Gasteiger partial charge in [-0.1, -0.05) is 37.3 Å². The molecule has 0 aliphatic carbocycles. The van der Waals surface area contributed by atoms with Gasteiger partial charge >= 0.3 is 0 Å². The van der Waals surface area contributed by atoms with Crippen LogP contribution >= 0.6 is 23.1 Å². The summed E-state index contributed by atoms with van der Waals surface area (Å²) in [6, 6.07) is 19.9. The van der Waals surface area contributed by atoms with Crippen molar-refractivity contribution >= 4 is 40.7 Å². The molecule has 0 N–H and O–H groups in total. The molecule has 1 saturated heterocycles. The van der Waals surface area contributed by atoms with Gasteiger partial charge in [0.05, 0.1) is 29.5 Å². The molecule has 40 heavy (non-hydrogen) atoms. The van der Waals surface area contributed by atoms with Crippen LogP contribution in [0.5, 0.6) is 5.75 Å². The summed E-state index contributed by atoms with van der Waals surface area (Å²) in [5.74, 6) is 2.18. The van der Waals surface area contributed by atoms with Crippen LogP contribution in [0.1, 0.15) is 36.1 Å². The number of thiophene rings is 1. The summed E-state index contributed by atoms with van der Waals surface area (Å²) in [5, 5.41) is 9.25. The Kier molecular flexibility index (Phi) is 7.67. The minimum atomic E-state index is -0.108. The lowest BCUT2D eigenvalue weighted by atomic mass is 9.99. The number of aromatic nitrogens is 2. The summed E-state index contributed by atoms with van der Waals surface area (Å²) in [7, 11) is 1.64. The van der Waals surface area contributed by atoms with Crippen LogP contribution in [0.4, 0.5) is 5.82 Å². The molecule has 0 radical (unpaired) electrons. The minimum absolute atomic E-state index is 0.00674. The average Bonchev–Trinajstić information content (AvgIpc) is 3.63. The number of fused-ring (bicyclic) bond motifs is 1. The minimum Gasteiger partial charge on any atom is -0.497 e. The monoisotopic (exact) mass is 572 g/mol. The average molecular weight is 573 g/mol. The molecular formula is C31H32N4O3S2. The zero-order valence-electron chi connectivity index (χ0n) is 22.7. The van der Waals surface area contributed by atoms with Crippen LogP contribution in [0.15, 0.2) is 71.4 Å². The van der Waals surface area contributed by atoms with Gasteiger partial charge in [0.1, 0.15) is 18.1 Å². The zero-order chi connectivity index (χ0) is 27.6. The number of ether oxygens (including phenoxy) is 1. The van der Waals surface area contributed by atoms with Crippen LogP contribution in [0.2, 0.25) is 0 Å². The number of benzene rings is 2. The van der Waals surface area contributed by atoms with Crippen molar-refractivity contribution in [2.75, 3.05) is 37.4 Å². The molecule has 4 aromatic rings. The maximum atomic E-state index is 13.9. The molecule has 7 nitrogen and oxygen atoms in total. The Labute approximate surface area is 242 Å². The van der Waals surface area contributed by atoms with E-state index in [1.165, 1.54) is 0 Å². The molecule has 6 rings (SSSR count). The van der Waals surface area contributed by atoms with E-state index in [-0.39, 0.29) is 29.4 Å². The van der Waals surface area contributed by atoms with E-state index in [9.17, 15) is 9.59 Å². The maximum Gasteiger partial charge on any atom is 0.242 e. The van der Waals surface area contributed by atoms with Crippen molar-refractivity contribution in [2.45, 2.75) is 25.0 Å². The van der Waals surface area contributed by atoms with Crippen LogP contribution in [-0.2, 0) is 9.59 Å². The molecule has 1 unspecified atom stereocenters. The number of carbonyl (C=O) groups excluding carboxylic acids is 2. The van der Waals surface area contributed by atoms with Gasteiger partial charge < -0.3 is 9.64 Å². The van der Waals surface area contributed by atoms with E-state index in [4.69, 9.17) is 9.84 Å². The molecule has 4 heterocycles. The molecular weight excluding hydrogens is 541 g/mol. The van der Waals surface area contributed by atoms with Crippen LogP contribution in [0.3, 0.4) is 0 Å². The third kappa shape index (κ3) is 5.15. The summed E-state index contributed by atoms with van der Waals surface area (Å²) in [6.45, 7) is 3.68. The number of rotatable bonds is 6. The molecule has 2 aromatic heterocycles. The molecule has 206 valence electrons. The Bertz CT molecular complexity index is 1480. The zero-order valence-corrected chi connectivity index (χ0v) is 24.3. The standard InChI is InChI=1S/C31H32N4O3S2/c1-21-12-15-33(16-13-21)26(36)18-34-27(37)20-40-30(23-14-17-39-19-23)28-29(22-6-4-3-5-7-22)32-35(31(28)34)24-8-10-25(38-2)11-9-24/h3-11,14,17,19,21,30H,12-13,15-16,18,20H2,1-2H3. The predicted octanol–water partition coefficient (Wildman–Crippen LogP) is 6.04. The Balaban J connectivity index is 1.54. The van der Waals surface area contributed by atoms with E-state index >= 15 is 0 Å². The molecule has 0 saturated carbocycles. The number of thioether (sulfide) groups is 1. The van der Waals surface area contributed by atoms with Crippen molar-refractivity contribution in [2.24, 2.45) is 5.92 Å². The highest BCUT2D eigenvalue weighted by molar-refractivity contribution is 8.00. The van der Waals surface area contributed by atoms with E-state index in [1.54, 1.807) is 35.1 Å². The number of anilines is 1. The Hall–Kier alpha value is -3.56. The van der Waals surface area contributed by atoms with Crippen molar-refractivity contribution in [3.05, 3.63) is 82.6 Å². The second-order valence-electron chi connectivity index (χ2n) is 10.4. The van der Waals surface area contributed by atoms with Crippen LogP contribution < -0.4 is 9.64 Å². The number of nitrogens with zero attached hydrogens (tertiary/aromatic N) is 4. The molecule has 2 aliphatic heterocycles. The van der Waals surface area contributed by atoms with Gasteiger partial charge in [0.15, 0.2) is 0 Å². The summed E-state index contributed by atoms with van der Waals surface area (Å²) in [4.78, 5) is 31.1. The van der Waals surface area contributed by atoms with Gasteiger partial charge in [-0.2, -0.15) is 16.4 Å². The first-order chi connectivity index (χ1) is 19.5. The second-order valence-corrected chi connectivity index (χ2v) is 12.2. The smallest absolute Gasteiger partial charge is 0.242 e. The number of likely N-dealkylation sites (tertiary alicyclic amines) is 1. The Morgan fingerprint density at radius 3 is 2.48 bits per heavy atom. The quantitative estimate of drug-likeness (QED) is 0.282. The van der Waals surface area contributed by atoms with Crippen LogP contribution in [0.25, 0.3) is 16.9 Å². The van der Waals surface area contributed by atoms with Crippen LogP contribution in [0, 0.1) is 5.92 Å². The fourth-order valence-corrected chi connectivity index (χ4v) is 7.37. The van der Waals surface area contributed by atoms with E-state index in [0.29, 0.717) is 11.7 Å². The highest BCUT2D eigenvalue weighted by Gasteiger charge is 2.38. The molecule has 9 heteroatoms. The lowest BCUT2D eigenvalue weighted by Crippen LogP contribution is -2.46. The molecule has 1 fully saturated rings. The van der Waals surface area contributed by atoms with E-state index in [1.807, 2.05) is 64.2 Å². The SMILES string of the molecule is COc1ccc(-n2nc(-c3ccccc3)c3c2N(CC(=O)N2CCC(C)CC2)C(=O)CSC3c2ccsc2)cc1. The third-order valence-electron chi connectivity index (χ3n) is 7.73. The lowest BCUT2D eigenvalue weighted by molar-refractivity contribution is -0.132. The van der Waals surface area contributed by atoms with Crippen molar-refractivity contribution in [3.8, 4) is 22.7 Å². The van der Waals surface area contributed by atoms with Crippen molar-refractivity contribution in [1.29, 1.82) is 0 Å². The first-order valence-corrected chi connectivity index (χ1v) is 15.6. The van der Waals surface area contributed by atoms with E-state index in [0.717, 1.165) is 59.8 Å². The first kappa shape index (κ1) is 26.7. The fraction of sp³-hybridized carbons (Fsp3) is 0.323. The van der Waals surface area contributed by atoms with Crippen molar-refractivity contribution < 1.29 is 14.3 Å². The van der Waals surface area contributed by atoms with Gasteiger partial charge in [-0.15, -0.1) is 11.8 Å². The van der Waals surface area contributed by atoms with Crippen molar-refractivity contribution in [1.82, 2.24) is 14.7 Å². The third-order valence-corrected chi connectivity index (χ3v) is 9.69. The number of piperidine rings is 1. The van der Waals surface area contributed by atoms with Crippen LogP contribution in [-0.4, -0.2) is 59.0 Å². The topological polar surface area (TPSA) is 67.7 Å². The molecule has 1 atom stereocenters. The molecule has 2 aliphatic rings. The van der Waals surface area contributed by atoms with Crippen molar-refractivity contribution in [3.63, 3.8) is 0 Å².